The van der Waals surface area contributed by atoms with Crippen LogP contribution in [0.4, 0.5) is 5.69 Å². The molecule has 1 aliphatic rings. The number of hydrogen-bond acceptors (Lipinski definition) is 5. The molecule has 0 amide bonds. The smallest absolute Gasteiger partial charge is 0.269 e. The quantitative estimate of drug-likeness (QED) is 0.463. The Kier molecular flexibility index (Phi) is 5.59. The van der Waals surface area contributed by atoms with Gasteiger partial charge in [0.1, 0.15) is 0 Å². The van der Waals surface area contributed by atoms with E-state index in [9.17, 15) is 23.6 Å². The van der Waals surface area contributed by atoms with Crippen LogP contribution in [0.5, 0.6) is 0 Å². The minimum atomic E-state index is -3.89. The van der Waals surface area contributed by atoms with Gasteiger partial charge >= 0.3 is 0 Å². The van der Waals surface area contributed by atoms with Crippen LogP contribution < -0.4 is 4.72 Å². The first kappa shape index (κ1) is 19.5. The molecule has 2 atom stereocenters. The third-order valence-corrected chi connectivity index (χ3v) is 6.39. The van der Waals surface area contributed by atoms with E-state index in [0.29, 0.717) is 24.8 Å². The van der Waals surface area contributed by atoms with Gasteiger partial charge in [-0.15, -0.1) is 0 Å². The summed E-state index contributed by atoms with van der Waals surface area (Å²) in [6.45, 7) is 1.98. The van der Waals surface area contributed by atoms with Crippen molar-refractivity contribution >= 4 is 15.7 Å². The molecule has 2 aromatic rings. The zero-order chi connectivity index (χ0) is 19.6. The molecule has 2 N–H and O–H groups in total. The fourth-order valence-corrected chi connectivity index (χ4v) is 4.62. The molecule has 0 unspecified atom stereocenters. The van der Waals surface area contributed by atoms with Crippen LogP contribution in [0, 0.1) is 10.1 Å². The SMILES string of the molecule is CCc1ccc(S(=O)(=O)N[C@H]2c3cc([N+](=O)[O-])ccc3CCC[C@@H]2O)cc1. The predicted octanol–water partition coefficient (Wildman–Crippen LogP) is 2.87. The summed E-state index contributed by atoms with van der Waals surface area (Å²) in [5, 5.41) is 21.7. The number of sulfonamides is 1. The standard InChI is InChI=1S/C19H22N2O5S/c1-2-13-6-10-16(11-7-13)27(25,26)20-19-17-12-15(21(23)24)9-8-14(17)4-3-5-18(19)22/h6-12,18-20,22H,2-5H2,1H3/t18-,19-/m0/s1. The van der Waals surface area contributed by atoms with E-state index in [1.54, 1.807) is 18.2 Å². The molecule has 8 heteroatoms. The van der Waals surface area contributed by atoms with Crippen molar-refractivity contribution in [1.82, 2.24) is 4.72 Å². The molecule has 0 bridgehead atoms. The summed E-state index contributed by atoms with van der Waals surface area (Å²) in [4.78, 5) is 10.7. The molecule has 0 saturated carbocycles. The highest BCUT2D eigenvalue weighted by Crippen LogP contribution is 2.33. The Labute approximate surface area is 158 Å². The lowest BCUT2D eigenvalue weighted by Crippen LogP contribution is -2.36. The van der Waals surface area contributed by atoms with Crippen molar-refractivity contribution in [3.05, 3.63) is 69.3 Å². The summed E-state index contributed by atoms with van der Waals surface area (Å²) < 4.78 is 28.2. The van der Waals surface area contributed by atoms with Gasteiger partial charge < -0.3 is 5.11 Å². The highest BCUT2D eigenvalue weighted by Gasteiger charge is 2.32. The lowest BCUT2D eigenvalue weighted by Gasteiger charge is -2.23. The Morgan fingerprint density at radius 1 is 1.22 bits per heavy atom. The number of aliphatic hydroxyl groups excluding tert-OH is 1. The van der Waals surface area contributed by atoms with Crippen LogP contribution in [0.25, 0.3) is 0 Å². The van der Waals surface area contributed by atoms with Gasteiger partial charge in [0.05, 0.1) is 22.0 Å². The second kappa shape index (κ2) is 7.75. The summed E-state index contributed by atoms with van der Waals surface area (Å²) in [6.07, 6.45) is 1.55. The van der Waals surface area contributed by atoms with Crippen LogP contribution in [0.3, 0.4) is 0 Å². The first-order chi connectivity index (χ1) is 12.8. The third kappa shape index (κ3) is 4.18. The Hall–Kier alpha value is -2.29. The maximum Gasteiger partial charge on any atom is 0.269 e. The summed E-state index contributed by atoms with van der Waals surface area (Å²) in [5.41, 5.74) is 2.16. The van der Waals surface area contributed by atoms with Gasteiger partial charge in [-0.25, -0.2) is 13.1 Å². The maximum absolute atomic E-state index is 12.8. The molecule has 2 aromatic carbocycles. The van der Waals surface area contributed by atoms with Crippen LogP contribution in [0.15, 0.2) is 47.4 Å². The number of nitrogens with one attached hydrogen (secondary N) is 1. The van der Waals surface area contributed by atoms with Gasteiger partial charge in [-0.2, -0.15) is 0 Å². The van der Waals surface area contributed by atoms with Crippen LogP contribution in [0.1, 0.15) is 42.5 Å². The Balaban J connectivity index is 1.99. The number of fused-ring (bicyclic) bond motifs is 1. The largest absolute Gasteiger partial charge is 0.391 e. The molecule has 144 valence electrons. The Morgan fingerprint density at radius 2 is 1.93 bits per heavy atom. The first-order valence-electron chi connectivity index (χ1n) is 8.88. The molecule has 3 rings (SSSR count). The van der Waals surface area contributed by atoms with Crippen LogP contribution in [-0.4, -0.2) is 24.6 Å². The van der Waals surface area contributed by atoms with Gasteiger partial charge in [0.25, 0.3) is 5.69 Å². The monoisotopic (exact) mass is 390 g/mol. The van der Waals surface area contributed by atoms with E-state index < -0.39 is 27.1 Å². The lowest BCUT2D eigenvalue weighted by molar-refractivity contribution is -0.385. The molecule has 0 saturated heterocycles. The van der Waals surface area contributed by atoms with Gasteiger partial charge in [0.15, 0.2) is 0 Å². The van der Waals surface area contributed by atoms with Crippen molar-refractivity contribution in [3.8, 4) is 0 Å². The highest BCUT2D eigenvalue weighted by molar-refractivity contribution is 7.89. The second-order valence-corrected chi connectivity index (χ2v) is 8.41. The number of nitrogens with zero attached hydrogens (tertiary/aromatic N) is 1. The molecule has 0 aliphatic heterocycles. The number of aryl methyl sites for hydroxylation is 2. The minimum absolute atomic E-state index is 0.100. The average Bonchev–Trinajstić information content (AvgIpc) is 2.80. The van der Waals surface area contributed by atoms with Crippen LogP contribution in [-0.2, 0) is 22.9 Å². The number of non-ortho nitro benzene ring substituents is 1. The number of nitro benzene ring substituents is 1. The van der Waals surface area contributed by atoms with Gasteiger partial charge in [0.2, 0.25) is 10.0 Å². The number of hydrogen-bond donors (Lipinski definition) is 2. The van der Waals surface area contributed by atoms with Gasteiger partial charge in [-0.3, -0.25) is 10.1 Å². The zero-order valence-corrected chi connectivity index (χ0v) is 15.8. The first-order valence-corrected chi connectivity index (χ1v) is 10.4. The molecule has 7 nitrogen and oxygen atoms in total. The summed E-state index contributed by atoms with van der Waals surface area (Å²) in [6, 6.07) is 10.0. The molecular weight excluding hydrogens is 368 g/mol. The fourth-order valence-electron chi connectivity index (χ4n) is 3.37. The van der Waals surface area contributed by atoms with E-state index in [4.69, 9.17) is 0 Å². The normalized spacial score (nSPS) is 19.9. The van der Waals surface area contributed by atoms with E-state index in [-0.39, 0.29) is 10.6 Å². The number of rotatable bonds is 5. The maximum atomic E-state index is 12.8. The molecule has 0 heterocycles. The predicted molar refractivity (Wildman–Crippen MR) is 101 cm³/mol. The number of benzene rings is 2. The second-order valence-electron chi connectivity index (χ2n) is 6.70. The van der Waals surface area contributed by atoms with Crippen molar-refractivity contribution in [3.63, 3.8) is 0 Å². The molecular formula is C19H22N2O5S. The molecule has 27 heavy (non-hydrogen) atoms. The fraction of sp³-hybridized carbons (Fsp3) is 0.368. The van der Waals surface area contributed by atoms with Crippen molar-refractivity contribution < 1.29 is 18.4 Å². The number of nitro groups is 1. The summed E-state index contributed by atoms with van der Waals surface area (Å²) in [5.74, 6) is 0. The van der Waals surface area contributed by atoms with Gasteiger partial charge in [-0.1, -0.05) is 25.1 Å². The lowest BCUT2D eigenvalue weighted by atomic mass is 9.98. The van der Waals surface area contributed by atoms with Crippen LogP contribution >= 0.6 is 0 Å². The van der Waals surface area contributed by atoms with Crippen molar-refractivity contribution in [2.75, 3.05) is 0 Å². The number of aliphatic hydroxyl groups is 1. The van der Waals surface area contributed by atoms with Crippen LogP contribution in [0.2, 0.25) is 0 Å². The van der Waals surface area contributed by atoms with Gasteiger partial charge in [0, 0.05) is 12.1 Å². The summed E-state index contributed by atoms with van der Waals surface area (Å²) >= 11 is 0. The summed E-state index contributed by atoms with van der Waals surface area (Å²) in [7, 11) is -3.89. The minimum Gasteiger partial charge on any atom is -0.391 e. The molecule has 0 fully saturated rings. The van der Waals surface area contributed by atoms with E-state index >= 15 is 0 Å². The molecule has 0 spiro atoms. The van der Waals surface area contributed by atoms with E-state index in [0.717, 1.165) is 17.5 Å². The molecule has 1 aliphatic carbocycles. The molecule has 0 aromatic heterocycles. The topological polar surface area (TPSA) is 110 Å². The van der Waals surface area contributed by atoms with Crippen molar-refractivity contribution in [1.29, 1.82) is 0 Å². The zero-order valence-electron chi connectivity index (χ0n) is 15.0. The van der Waals surface area contributed by atoms with E-state index in [1.165, 1.54) is 24.3 Å². The molecule has 0 radical (unpaired) electrons. The average molecular weight is 390 g/mol. The van der Waals surface area contributed by atoms with Crippen molar-refractivity contribution in [2.45, 2.75) is 49.6 Å². The third-order valence-electron chi connectivity index (χ3n) is 4.93. The van der Waals surface area contributed by atoms with E-state index in [1.807, 2.05) is 6.92 Å². The highest BCUT2D eigenvalue weighted by atomic mass is 32.2. The van der Waals surface area contributed by atoms with E-state index in [2.05, 4.69) is 4.72 Å². The van der Waals surface area contributed by atoms with Gasteiger partial charge in [-0.05, 0) is 54.5 Å². The Bertz CT molecular complexity index is 941. The van der Waals surface area contributed by atoms with Crippen molar-refractivity contribution in [2.24, 2.45) is 0 Å². The Morgan fingerprint density at radius 3 is 2.56 bits per heavy atom.